The number of imidazole rings is 4. The van der Waals surface area contributed by atoms with Crippen molar-refractivity contribution < 1.29 is 9.59 Å². The lowest BCUT2D eigenvalue weighted by molar-refractivity contribution is -0.117. The number of Topliss-reactive ketones (excluding diaryl/α,β-unsaturated/α-hetero) is 1. The molecule has 7 aromatic rings. The maximum absolute atomic E-state index is 11.9. The third kappa shape index (κ3) is 11.9. The summed E-state index contributed by atoms with van der Waals surface area (Å²) >= 11 is 0. The van der Waals surface area contributed by atoms with Crippen LogP contribution in [0, 0.1) is 19.3 Å². The Morgan fingerprint density at radius 2 is 1.06 bits per heavy atom. The molecule has 8 heterocycles. The van der Waals surface area contributed by atoms with Crippen LogP contribution in [0.15, 0.2) is 34.9 Å². The van der Waals surface area contributed by atoms with Gasteiger partial charge in [-0.15, -0.1) is 0 Å². The van der Waals surface area contributed by atoms with Crippen molar-refractivity contribution in [2.24, 2.45) is 0 Å². The molecule has 1 aliphatic heterocycles. The third-order valence-corrected chi connectivity index (χ3v) is 9.73. The van der Waals surface area contributed by atoms with E-state index in [0.29, 0.717) is 51.2 Å². The average molecular weight is 926 g/mol. The Hall–Kier alpha value is -7.46. The van der Waals surface area contributed by atoms with E-state index in [1.165, 1.54) is 6.33 Å². The Morgan fingerprint density at radius 1 is 0.582 bits per heavy atom. The highest BCUT2D eigenvalue weighted by atomic mass is 16.2. The molecule has 0 aliphatic carbocycles. The van der Waals surface area contributed by atoms with Crippen molar-refractivity contribution in [3.8, 4) is 0 Å². The van der Waals surface area contributed by atoms with Gasteiger partial charge in [-0.2, -0.15) is 4.98 Å². The number of ketones is 1. The molecule has 0 radical (unpaired) electrons. The number of fused-ring (bicyclic) bond motifs is 4. The molecule has 8 rings (SSSR count). The van der Waals surface area contributed by atoms with Gasteiger partial charge in [-0.3, -0.25) is 29.6 Å². The number of hydrogen-bond donors (Lipinski definition) is 6. The first-order valence-electron chi connectivity index (χ1n) is 20.6. The molecule has 67 heavy (non-hydrogen) atoms. The number of H-pyrrole nitrogens is 1. The minimum atomic E-state index is -0.612. The van der Waals surface area contributed by atoms with Gasteiger partial charge in [0.2, 0.25) is 5.95 Å². The van der Waals surface area contributed by atoms with Gasteiger partial charge in [-0.25, -0.2) is 39.9 Å². The van der Waals surface area contributed by atoms with Crippen molar-refractivity contribution in [1.82, 2.24) is 73.4 Å². The second kappa shape index (κ2) is 19.6. The highest BCUT2D eigenvalue weighted by Gasteiger charge is 2.29. The predicted octanol–water partition coefficient (Wildman–Crippen LogP) is 4.01. The zero-order valence-corrected chi connectivity index (χ0v) is 39.4. The van der Waals surface area contributed by atoms with Gasteiger partial charge in [0.25, 0.3) is 11.5 Å². The minimum absolute atomic E-state index is 0. The number of carbonyl (C=O) groups is 2. The van der Waals surface area contributed by atoms with Gasteiger partial charge in [-0.1, -0.05) is 14.9 Å². The topological polar surface area (TPSA) is 334 Å². The van der Waals surface area contributed by atoms with E-state index in [9.17, 15) is 19.2 Å². The van der Waals surface area contributed by atoms with Crippen LogP contribution in [0.4, 0.5) is 17.6 Å². The number of nitrogens with two attached hydrogens (primary N) is 3. The number of aromatic amines is 1. The third-order valence-electron chi connectivity index (χ3n) is 9.73. The van der Waals surface area contributed by atoms with Crippen molar-refractivity contribution in [2.45, 2.75) is 140 Å². The van der Waals surface area contributed by atoms with Crippen LogP contribution >= 0.6 is 0 Å². The standard InChI is InChI=1S/C11H16N6.C11H15N3O2.C10H13N5O2.C10H15N5.2CH4/c1-6-15-9(12)7-8(10(13)16-6)17(5-14-7)11(2,3)4;1-11(2,3)14-6-13-8-4-7(15)5-12-10(16)9(8)14;1-10(2,3)15-4-12-5-6(15)8(17)14-9(11)13-7(5)16;1-6-13-8(11)7-9(14-6)15(5-12-7)10(2,3)4;;/h5H,1-4H3,(H3,12,13,15,16);6H,4-5H2,1-3H3,(H,12,16);4H,1-3H3,(H3,11,13,14,16,17);5H,1-4H3,(H2,11,13,14);2*1H4. The summed E-state index contributed by atoms with van der Waals surface area (Å²) in [6, 6.07) is 0. The SMILES string of the molecule is C.C.CC(C)(C)n1cnc2c(=O)nc(N)[nH]c(=O)c21.CC(C)(C)n1cnc2c1C(=O)NCC(=O)C2.Cc1nc(N)c2c(ncn2C(C)(C)C)c(=N)n1.Cc1nc(N)c2ncn(C(C)(C)C)c2n1. The van der Waals surface area contributed by atoms with Crippen LogP contribution in [-0.4, -0.2) is 86.3 Å². The molecule has 23 nitrogen and oxygen atoms in total. The molecule has 9 N–H and O–H groups in total. The van der Waals surface area contributed by atoms with Crippen molar-refractivity contribution in [1.29, 1.82) is 5.41 Å². The fourth-order valence-corrected chi connectivity index (χ4v) is 6.64. The first-order chi connectivity index (χ1) is 29.9. The van der Waals surface area contributed by atoms with Gasteiger partial charge in [0, 0.05) is 22.2 Å². The largest absolute Gasteiger partial charge is 0.382 e. The number of anilines is 3. The number of nitrogens with one attached hydrogen (secondary N) is 3. The second-order valence-corrected chi connectivity index (χ2v) is 19.3. The summed E-state index contributed by atoms with van der Waals surface area (Å²) < 4.78 is 7.37. The van der Waals surface area contributed by atoms with Crippen LogP contribution in [0.3, 0.4) is 0 Å². The van der Waals surface area contributed by atoms with Gasteiger partial charge < -0.3 is 40.8 Å². The van der Waals surface area contributed by atoms with Crippen molar-refractivity contribution in [2.75, 3.05) is 23.7 Å². The fraction of sp³-hybridized carbons (Fsp3) is 0.500. The minimum Gasteiger partial charge on any atom is -0.382 e. The molecule has 23 heteroatoms. The summed E-state index contributed by atoms with van der Waals surface area (Å²) in [6.45, 7) is 27.8. The van der Waals surface area contributed by atoms with E-state index in [4.69, 9.17) is 22.6 Å². The van der Waals surface area contributed by atoms with Crippen molar-refractivity contribution >= 4 is 62.5 Å². The normalized spacial score (nSPS) is 12.8. The van der Waals surface area contributed by atoms with Crippen LogP contribution in [0.1, 0.15) is 126 Å². The average Bonchev–Trinajstić information content (AvgIpc) is 3.95. The lowest BCUT2D eigenvalue weighted by atomic mass is 10.1. The van der Waals surface area contributed by atoms with Crippen molar-refractivity contribution in [3.05, 3.63) is 74.5 Å². The molecule has 1 amide bonds. The zero-order valence-electron chi connectivity index (χ0n) is 39.4. The first-order valence-corrected chi connectivity index (χ1v) is 20.6. The summed E-state index contributed by atoms with van der Waals surface area (Å²) in [5.41, 5.74) is 19.3. The summed E-state index contributed by atoms with van der Waals surface area (Å²) in [5, 5.41) is 10.5. The smallest absolute Gasteiger partial charge is 0.301 e. The Morgan fingerprint density at radius 3 is 1.63 bits per heavy atom. The molecule has 0 fully saturated rings. The number of rotatable bonds is 0. The van der Waals surface area contributed by atoms with E-state index >= 15 is 0 Å². The molecule has 0 saturated heterocycles. The molecular weight excluding hydrogens is 859 g/mol. The molecule has 0 atom stereocenters. The van der Waals surface area contributed by atoms with Gasteiger partial charge in [-0.05, 0) is 96.9 Å². The molecule has 0 unspecified atom stereocenters. The van der Waals surface area contributed by atoms with Crippen LogP contribution in [0.5, 0.6) is 0 Å². The number of nitrogen functional groups attached to an aromatic ring is 3. The number of hydrogen-bond acceptors (Lipinski definition) is 17. The molecule has 0 aromatic carbocycles. The van der Waals surface area contributed by atoms with Crippen LogP contribution < -0.4 is 39.1 Å². The monoisotopic (exact) mass is 926 g/mol. The maximum Gasteiger partial charge on any atom is 0.301 e. The molecule has 362 valence electrons. The Kier molecular flexibility index (Phi) is 15.7. The van der Waals surface area contributed by atoms with E-state index in [1.54, 1.807) is 30.5 Å². The fourth-order valence-electron chi connectivity index (χ4n) is 6.64. The molecule has 1 aliphatic rings. The number of nitrogens with zero attached hydrogens (tertiary/aromatic N) is 13. The van der Waals surface area contributed by atoms with E-state index in [-0.39, 0.29) is 84.1 Å². The summed E-state index contributed by atoms with van der Waals surface area (Å²) in [5.74, 6) is 1.52. The molecule has 0 bridgehead atoms. The van der Waals surface area contributed by atoms with Gasteiger partial charge in [0.05, 0.1) is 44.0 Å². The van der Waals surface area contributed by atoms with Crippen molar-refractivity contribution in [3.63, 3.8) is 0 Å². The molecule has 7 aromatic heterocycles. The van der Waals surface area contributed by atoms with Gasteiger partial charge in [0.15, 0.2) is 34.1 Å². The summed E-state index contributed by atoms with van der Waals surface area (Å²) in [4.78, 5) is 85.9. The number of aryl methyl sites for hydroxylation is 2. The van der Waals surface area contributed by atoms with E-state index in [0.717, 1.165) is 5.65 Å². The molecule has 0 spiro atoms. The Labute approximate surface area is 388 Å². The highest BCUT2D eigenvalue weighted by Crippen LogP contribution is 2.25. The Bertz CT molecular complexity index is 3130. The van der Waals surface area contributed by atoms with E-state index in [2.05, 4.69) is 75.9 Å². The lowest BCUT2D eigenvalue weighted by Crippen LogP contribution is -2.32. The second-order valence-electron chi connectivity index (χ2n) is 19.3. The maximum atomic E-state index is 11.9. The summed E-state index contributed by atoms with van der Waals surface area (Å²) in [6.07, 6.45) is 6.76. The van der Waals surface area contributed by atoms with Gasteiger partial charge in [0.1, 0.15) is 39.4 Å². The van der Waals surface area contributed by atoms with Gasteiger partial charge >= 0.3 is 5.56 Å². The quantitative estimate of drug-likeness (QED) is 0.125. The van der Waals surface area contributed by atoms with Crippen LogP contribution in [-0.2, 0) is 33.4 Å². The zero-order chi connectivity index (χ0) is 48.7. The molecular formula is C44H67N19O4. The first kappa shape index (κ1) is 53.9. The van der Waals surface area contributed by atoms with Crippen LogP contribution in [0.25, 0.3) is 33.2 Å². The number of amides is 1. The summed E-state index contributed by atoms with van der Waals surface area (Å²) in [7, 11) is 0. The highest BCUT2D eigenvalue weighted by molar-refractivity contribution is 6.00. The van der Waals surface area contributed by atoms with E-state index < -0.39 is 11.1 Å². The number of aromatic nitrogens is 14. The van der Waals surface area contributed by atoms with E-state index in [1.807, 2.05) is 82.9 Å². The number of carbonyl (C=O) groups excluding carboxylic acids is 2. The lowest BCUT2D eigenvalue weighted by Gasteiger charge is -2.23. The Balaban J connectivity index is 0.000000235. The predicted molar refractivity (Wildman–Crippen MR) is 260 cm³/mol. The van der Waals surface area contributed by atoms with Crippen LogP contribution in [0.2, 0.25) is 0 Å². The molecule has 0 saturated carbocycles.